The standard InChI is InChI=1S/C13H18FIO/c1-3-5-10(2)16-13(9-15)11-6-4-7-12(14)8-11/h4,6-8,10,13H,3,5,9H2,1-2H3. The zero-order valence-electron chi connectivity index (χ0n) is 9.75. The molecule has 0 heterocycles. The second-order valence-electron chi connectivity index (χ2n) is 3.93. The maximum atomic E-state index is 13.1. The molecule has 1 nitrogen and oxygen atoms in total. The Hall–Kier alpha value is -0.160. The van der Waals surface area contributed by atoms with Crippen LogP contribution < -0.4 is 0 Å². The molecule has 0 spiro atoms. The first-order chi connectivity index (χ1) is 7.67. The SMILES string of the molecule is CCCC(C)OC(CI)c1cccc(F)c1. The molecule has 0 aromatic heterocycles. The predicted octanol–water partition coefficient (Wildman–Crippen LogP) is 4.51. The molecule has 0 amide bonds. The fourth-order valence-corrected chi connectivity index (χ4v) is 2.38. The van der Waals surface area contributed by atoms with Crippen molar-refractivity contribution in [1.82, 2.24) is 0 Å². The van der Waals surface area contributed by atoms with Crippen LogP contribution in [0.2, 0.25) is 0 Å². The average molecular weight is 336 g/mol. The van der Waals surface area contributed by atoms with Crippen molar-refractivity contribution in [2.45, 2.75) is 38.9 Å². The van der Waals surface area contributed by atoms with Gasteiger partial charge >= 0.3 is 0 Å². The predicted molar refractivity (Wildman–Crippen MR) is 73.5 cm³/mol. The van der Waals surface area contributed by atoms with E-state index < -0.39 is 0 Å². The lowest BCUT2D eigenvalue weighted by molar-refractivity contribution is 0.00667. The van der Waals surface area contributed by atoms with Crippen molar-refractivity contribution in [3.8, 4) is 0 Å². The van der Waals surface area contributed by atoms with Gasteiger partial charge in [-0.15, -0.1) is 0 Å². The number of alkyl halides is 1. The third-order valence-corrected chi connectivity index (χ3v) is 3.25. The summed E-state index contributed by atoms with van der Waals surface area (Å²) >= 11 is 2.28. The summed E-state index contributed by atoms with van der Waals surface area (Å²) in [5.41, 5.74) is 0.928. The Labute approximate surface area is 111 Å². The van der Waals surface area contributed by atoms with Crippen LogP contribution in [0.5, 0.6) is 0 Å². The van der Waals surface area contributed by atoms with E-state index in [0.717, 1.165) is 22.8 Å². The minimum absolute atomic E-state index is 0.00199. The van der Waals surface area contributed by atoms with Gasteiger partial charge in [0.15, 0.2) is 0 Å². The molecule has 0 bridgehead atoms. The summed E-state index contributed by atoms with van der Waals surface area (Å²) in [4.78, 5) is 0. The van der Waals surface area contributed by atoms with Crippen molar-refractivity contribution >= 4 is 22.6 Å². The van der Waals surface area contributed by atoms with E-state index in [1.807, 2.05) is 6.07 Å². The van der Waals surface area contributed by atoms with Gasteiger partial charge in [-0.3, -0.25) is 0 Å². The van der Waals surface area contributed by atoms with Gasteiger partial charge in [0.25, 0.3) is 0 Å². The van der Waals surface area contributed by atoms with E-state index in [9.17, 15) is 4.39 Å². The summed E-state index contributed by atoms with van der Waals surface area (Å²) in [6.45, 7) is 4.21. The quantitative estimate of drug-likeness (QED) is 0.549. The van der Waals surface area contributed by atoms with E-state index in [2.05, 4.69) is 36.4 Å². The Morgan fingerprint density at radius 2 is 2.19 bits per heavy atom. The minimum Gasteiger partial charge on any atom is -0.370 e. The highest BCUT2D eigenvalue weighted by Gasteiger charge is 2.14. The second-order valence-corrected chi connectivity index (χ2v) is 4.81. The van der Waals surface area contributed by atoms with Crippen LogP contribution >= 0.6 is 22.6 Å². The summed E-state index contributed by atoms with van der Waals surface area (Å²) in [7, 11) is 0. The molecule has 0 saturated carbocycles. The van der Waals surface area contributed by atoms with E-state index in [0.29, 0.717) is 0 Å². The highest BCUT2D eigenvalue weighted by atomic mass is 127. The number of rotatable bonds is 6. The first-order valence-corrected chi connectivity index (χ1v) is 7.16. The van der Waals surface area contributed by atoms with Gasteiger partial charge in [-0.05, 0) is 31.0 Å². The van der Waals surface area contributed by atoms with E-state index >= 15 is 0 Å². The largest absolute Gasteiger partial charge is 0.370 e. The number of halogens is 2. The molecule has 16 heavy (non-hydrogen) atoms. The minimum atomic E-state index is -0.195. The van der Waals surface area contributed by atoms with Gasteiger partial charge in [-0.1, -0.05) is 48.1 Å². The van der Waals surface area contributed by atoms with Crippen molar-refractivity contribution in [3.63, 3.8) is 0 Å². The topological polar surface area (TPSA) is 9.23 Å². The van der Waals surface area contributed by atoms with Gasteiger partial charge < -0.3 is 4.74 Å². The third-order valence-electron chi connectivity index (χ3n) is 2.45. The van der Waals surface area contributed by atoms with Gasteiger partial charge in [0.1, 0.15) is 5.82 Å². The van der Waals surface area contributed by atoms with Crippen LogP contribution in [-0.2, 0) is 4.74 Å². The van der Waals surface area contributed by atoms with E-state index in [1.165, 1.54) is 6.07 Å². The molecule has 2 atom stereocenters. The summed E-state index contributed by atoms with van der Waals surface area (Å²) < 4.78 is 19.8. The Balaban J connectivity index is 2.67. The van der Waals surface area contributed by atoms with Crippen LogP contribution in [0.1, 0.15) is 38.4 Å². The summed E-state index contributed by atoms with van der Waals surface area (Å²) in [6, 6.07) is 6.67. The lowest BCUT2D eigenvalue weighted by atomic mass is 10.1. The molecular weight excluding hydrogens is 318 g/mol. The maximum absolute atomic E-state index is 13.1. The van der Waals surface area contributed by atoms with Crippen molar-refractivity contribution in [3.05, 3.63) is 35.6 Å². The number of benzene rings is 1. The molecule has 2 unspecified atom stereocenters. The molecule has 0 aliphatic rings. The van der Waals surface area contributed by atoms with E-state index in [-0.39, 0.29) is 18.0 Å². The average Bonchev–Trinajstić information content (AvgIpc) is 2.26. The lowest BCUT2D eigenvalue weighted by Crippen LogP contribution is -2.14. The molecule has 0 N–H and O–H groups in total. The number of hydrogen-bond acceptors (Lipinski definition) is 1. The molecule has 90 valence electrons. The van der Waals surface area contributed by atoms with Crippen molar-refractivity contribution in [2.24, 2.45) is 0 Å². The van der Waals surface area contributed by atoms with Crippen LogP contribution in [0.3, 0.4) is 0 Å². The maximum Gasteiger partial charge on any atom is 0.123 e. The smallest absolute Gasteiger partial charge is 0.123 e. The highest BCUT2D eigenvalue weighted by Crippen LogP contribution is 2.23. The van der Waals surface area contributed by atoms with E-state index in [4.69, 9.17) is 4.74 Å². The zero-order chi connectivity index (χ0) is 12.0. The van der Waals surface area contributed by atoms with Crippen molar-refractivity contribution < 1.29 is 9.13 Å². The first kappa shape index (κ1) is 13.9. The van der Waals surface area contributed by atoms with Crippen molar-refractivity contribution in [1.29, 1.82) is 0 Å². The molecule has 0 saturated heterocycles. The Kier molecular flexibility index (Phi) is 6.28. The Bertz CT molecular complexity index is 317. The van der Waals surface area contributed by atoms with Crippen LogP contribution in [0.15, 0.2) is 24.3 Å². The second kappa shape index (κ2) is 7.22. The fourth-order valence-electron chi connectivity index (χ4n) is 1.67. The molecule has 3 heteroatoms. The molecule has 1 aromatic carbocycles. The number of ether oxygens (including phenoxy) is 1. The molecule has 0 aliphatic heterocycles. The monoisotopic (exact) mass is 336 g/mol. The lowest BCUT2D eigenvalue weighted by Gasteiger charge is -2.21. The zero-order valence-corrected chi connectivity index (χ0v) is 11.9. The summed E-state index contributed by atoms with van der Waals surface area (Å²) in [5, 5.41) is 0. The molecule has 0 radical (unpaired) electrons. The van der Waals surface area contributed by atoms with Gasteiger partial charge in [-0.2, -0.15) is 0 Å². The van der Waals surface area contributed by atoms with Crippen LogP contribution in [0.25, 0.3) is 0 Å². The van der Waals surface area contributed by atoms with Crippen LogP contribution in [0, 0.1) is 5.82 Å². The molecular formula is C13H18FIO. The summed E-state index contributed by atoms with van der Waals surface area (Å²) in [6.07, 6.45) is 2.38. The Morgan fingerprint density at radius 1 is 1.44 bits per heavy atom. The molecule has 0 fully saturated rings. The Morgan fingerprint density at radius 3 is 2.75 bits per heavy atom. The molecule has 1 rings (SSSR count). The van der Waals surface area contributed by atoms with Gasteiger partial charge in [0.2, 0.25) is 0 Å². The highest BCUT2D eigenvalue weighted by molar-refractivity contribution is 14.1. The fraction of sp³-hybridized carbons (Fsp3) is 0.538. The van der Waals surface area contributed by atoms with Crippen molar-refractivity contribution in [2.75, 3.05) is 4.43 Å². The van der Waals surface area contributed by atoms with Gasteiger partial charge in [-0.25, -0.2) is 4.39 Å². The van der Waals surface area contributed by atoms with Gasteiger partial charge in [0, 0.05) is 4.43 Å². The summed E-state index contributed by atoms with van der Waals surface area (Å²) in [5.74, 6) is -0.195. The first-order valence-electron chi connectivity index (χ1n) is 5.64. The number of hydrogen-bond donors (Lipinski definition) is 0. The molecule has 0 aliphatic carbocycles. The molecule has 1 aromatic rings. The van der Waals surface area contributed by atoms with Gasteiger partial charge in [0.05, 0.1) is 12.2 Å². The normalized spacial score (nSPS) is 14.8. The van der Waals surface area contributed by atoms with Crippen LogP contribution in [0.4, 0.5) is 4.39 Å². The van der Waals surface area contributed by atoms with E-state index in [1.54, 1.807) is 12.1 Å². The van der Waals surface area contributed by atoms with Crippen LogP contribution in [-0.4, -0.2) is 10.5 Å². The third kappa shape index (κ3) is 4.37.